The number of likely N-dealkylation sites (tertiary alicyclic amines) is 1. The Morgan fingerprint density at radius 2 is 1.78 bits per heavy atom. The second kappa shape index (κ2) is 12.0. The summed E-state index contributed by atoms with van der Waals surface area (Å²) in [6.45, 7) is 1.41. The van der Waals surface area contributed by atoms with Crippen molar-refractivity contribution < 1.29 is 9.53 Å². The molecule has 5 aromatic rings. The van der Waals surface area contributed by atoms with E-state index in [1.807, 2.05) is 24.3 Å². The molecular weight excluding hydrogens is 512 g/mol. The standard InChI is InChI=1S/C33H36N6O2/c1-41-26-16-13-24(14-17-26)22-39-31(18-15-23-8-3-2-4-9-23)36-37-33(39)30(38-19-7-12-29(38)32(34)40)20-25-21-35-28-11-6-5-10-27(25)28/h2-6,8-11,13-14,16-17,21,29-30,35H,7,12,15,18-20,22H2,1H3,(H2,34,40)/t29-,30+/m0/s1. The number of primary amides is 1. The first-order valence-corrected chi connectivity index (χ1v) is 14.3. The van der Waals surface area contributed by atoms with Crippen LogP contribution in [0.25, 0.3) is 10.9 Å². The number of fused-ring (bicyclic) bond motifs is 1. The van der Waals surface area contributed by atoms with E-state index in [-0.39, 0.29) is 18.0 Å². The number of nitrogens with one attached hydrogen (secondary N) is 1. The Morgan fingerprint density at radius 3 is 2.56 bits per heavy atom. The average Bonchev–Trinajstić information content (AvgIpc) is 3.75. The van der Waals surface area contributed by atoms with E-state index in [0.29, 0.717) is 13.0 Å². The number of nitrogens with zero attached hydrogens (tertiary/aromatic N) is 4. The summed E-state index contributed by atoms with van der Waals surface area (Å²) in [5.74, 6) is 2.33. The van der Waals surface area contributed by atoms with Crippen LogP contribution in [0.2, 0.25) is 0 Å². The molecule has 0 spiro atoms. The molecule has 0 radical (unpaired) electrons. The minimum Gasteiger partial charge on any atom is -0.497 e. The third kappa shape index (κ3) is 5.74. The zero-order valence-electron chi connectivity index (χ0n) is 23.4. The van der Waals surface area contributed by atoms with Crippen LogP contribution >= 0.6 is 0 Å². The fourth-order valence-corrected chi connectivity index (χ4v) is 6.10. The average molecular weight is 549 g/mol. The van der Waals surface area contributed by atoms with Crippen molar-refractivity contribution in [3.8, 4) is 5.75 Å². The third-order valence-corrected chi connectivity index (χ3v) is 8.25. The number of carbonyl (C=O) groups excluding carboxylic acids is 1. The van der Waals surface area contributed by atoms with E-state index in [0.717, 1.165) is 60.7 Å². The Hall–Kier alpha value is -4.43. The van der Waals surface area contributed by atoms with E-state index in [9.17, 15) is 4.79 Å². The van der Waals surface area contributed by atoms with Gasteiger partial charge >= 0.3 is 0 Å². The van der Waals surface area contributed by atoms with Crippen molar-refractivity contribution in [2.75, 3.05) is 13.7 Å². The Kier molecular flexibility index (Phi) is 7.82. The SMILES string of the molecule is COc1ccc(Cn2c(CCc3ccccc3)nnc2[C@@H](Cc2c[nH]c3ccccc23)N2CCC[C@H]2C(N)=O)cc1. The molecular formula is C33H36N6O2. The van der Waals surface area contributed by atoms with Gasteiger partial charge in [-0.1, -0.05) is 60.7 Å². The number of carbonyl (C=O) groups is 1. The van der Waals surface area contributed by atoms with Crippen molar-refractivity contribution in [1.29, 1.82) is 0 Å². The van der Waals surface area contributed by atoms with Crippen molar-refractivity contribution >= 4 is 16.8 Å². The maximum Gasteiger partial charge on any atom is 0.234 e. The molecule has 8 nitrogen and oxygen atoms in total. The number of H-pyrrole nitrogens is 1. The zero-order valence-corrected chi connectivity index (χ0v) is 23.4. The summed E-state index contributed by atoms with van der Waals surface area (Å²) in [6, 6.07) is 26.4. The summed E-state index contributed by atoms with van der Waals surface area (Å²) < 4.78 is 7.64. The molecule has 6 rings (SSSR count). The molecule has 3 N–H and O–H groups in total. The lowest BCUT2D eigenvalue weighted by atomic mass is 10.0. The molecule has 1 amide bonds. The predicted octanol–water partition coefficient (Wildman–Crippen LogP) is 4.84. The highest BCUT2D eigenvalue weighted by atomic mass is 16.5. The van der Waals surface area contributed by atoms with Crippen LogP contribution in [0.15, 0.2) is 85.1 Å². The van der Waals surface area contributed by atoms with Crippen LogP contribution in [0.3, 0.4) is 0 Å². The molecule has 0 bridgehead atoms. The first-order chi connectivity index (χ1) is 20.1. The molecule has 0 unspecified atom stereocenters. The minimum absolute atomic E-state index is 0.162. The van der Waals surface area contributed by atoms with Gasteiger partial charge in [0.1, 0.15) is 11.6 Å². The van der Waals surface area contributed by atoms with Crippen molar-refractivity contribution in [3.05, 3.63) is 113 Å². The Balaban J connectivity index is 1.41. The van der Waals surface area contributed by atoms with E-state index < -0.39 is 0 Å². The molecule has 1 aliphatic rings. The molecule has 0 aliphatic carbocycles. The van der Waals surface area contributed by atoms with E-state index in [1.165, 1.54) is 16.5 Å². The van der Waals surface area contributed by atoms with Gasteiger partial charge in [-0.05, 0) is 67.1 Å². The van der Waals surface area contributed by atoms with Gasteiger partial charge in [-0.3, -0.25) is 9.69 Å². The summed E-state index contributed by atoms with van der Waals surface area (Å²) in [7, 11) is 1.68. The Morgan fingerprint density at radius 1 is 1.00 bits per heavy atom. The molecule has 0 saturated carbocycles. The molecule has 41 heavy (non-hydrogen) atoms. The third-order valence-electron chi connectivity index (χ3n) is 8.25. The number of aromatic nitrogens is 4. The van der Waals surface area contributed by atoms with Crippen LogP contribution in [-0.4, -0.2) is 50.3 Å². The number of methoxy groups -OCH3 is 1. The highest BCUT2D eigenvalue weighted by Crippen LogP contribution is 2.34. The number of rotatable bonds is 11. The molecule has 3 aromatic carbocycles. The maximum absolute atomic E-state index is 12.6. The molecule has 2 aromatic heterocycles. The van der Waals surface area contributed by atoms with Gasteiger partial charge in [-0.25, -0.2) is 0 Å². The number of aromatic amines is 1. The number of nitrogens with two attached hydrogens (primary N) is 1. The second-order valence-corrected chi connectivity index (χ2v) is 10.8. The Labute approximate surface area is 240 Å². The number of benzene rings is 3. The van der Waals surface area contributed by atoms with Gasteiger partial charge in [0.2, 0.25) is 5.91 Å². The Bertz CT molecular complexity index is 1610. The molecule has 1 fully saturated rings. The van der Waals surface area contributed by atoms with Crippen LogP contribution < -0.4 is 10.5 Å². The molecule has 210 valence electrons. The molecule has 2 atom stereocenters. The number of amides is 1. The first kappa shape index (κ1) is 26.8. The molecule has 8 heteroatoms. The highest BCUT2D eigenvalue weighted by molar-refractivity contribution is 5.83. The van der Waals surface area contributed by atoms with Crippen LogP contribution in [0.5, 0.6) is 5.75 Å². The topological polar surface area (TPSA) is 102 Å². The predicted molar refractivity (Wildman–Crippen MR) is 160 cm³/mol. The summed E-state index contributed by atoms with van der Waals surface area (Å²) in [4.78, 5) is 18.2. The quantitative estimate of drug-likeness (QED) is 0.246. The number of aryl methyl sites for hydroxylation is 2. The van der Waals surface area contributed by atoms with Crippen LogP contribution in [0, 0.1) is 0 Å². The van der Waals surface area contributed by atoms with Crippen molar-refractivity contribution in [2.24, 2.45) is 5.73 Å². The lowest BCUT2D eigenvalue weighted by Gasteiger charge is -2.31. The van der Waals surface area contributed by atoms with Crippen LogP contribution in [-0.2, 0) is 30.6 Å². The minimum atomic E-state index is -0.330. The second-order valence-electron chi connectivity index (χ2n) is 10.8. The van der Waals surface area contributed by atoms with Gasteiger partial charge in [-0.15, -0.1) is 10.2 Å². The van der Waals surface area contributed by atoms with Crippen molar-refractivity contribution in [2.45, 2.75) is 50.7 Å². The normalized spacial score (nSPS) is 16.3. The molecule has 3 heterocycles. The lowest BCUT2D eigenvalue weighted by molar-refractivity contribution is -0.123. The summed E-state index contributed by atoms with van der Waals surface area (Å²) >= 11 is 0. The van der Waals surface area contributed by atoms with Gasteiger partial charge in [0.15, 0.2) is 5.82 Å². The largest absolute Gasteiger partial charge is 0.497 e. The summed E-state index contributed by atoms with van der Waals surface area (Å²) in [5, 5.41) is 10.8. The number of hydrogen-bond donors (Lipinski definition) is 2. The van der Waals surface area contributed by atoms with E-state index in [4.69, 9.17) is 20.7 Å². The van der Waals surface area contributed by atoms with Gasteiger partial charge in [0, 0.05) is 23.5 Å². The van der Waals surface area contributed by atoms with Crippen molar-refractivity contribution in [1.82, 2.24) is 24.6 Å². The number of ether oxygens (including phenoxy) is 1. The van der Waals surface area contributed by atoms with E-state index >= 15 is 0 Å². The van der Waals surface area contributed by atoms with E-state index in [2.05, 4.69) is 75.2 Å². The van der Waals surface area contributed by atoms with Gasteiger partial charge in [0.25, 0.3) is 0 Å². The highest BCUT2D eigenvalue weighted by Gasteiger charge is 2.38. The van der Waals surface area contributed by atoms with Crippen molar-refractivity contribution in [3.63, 3.8) is 0 Å². The number of para-hydroxylation sites is 1. The van der Waals surface area contributed by atoms with Crippen LogP contribution in [0.4, 0.5) is 0 Å². The maximum atomic E-state index is 12.6. The fourth-order valence-electron chi connectivity index (χ4n) is 6.10. The first-order valence-electron chi connectivity index (χ1n) is 14.3. The summed E-state index contributed by atoms with van der Waals surface area (Å²) in [5.41, 5.74) is 10.6. The van der Waals surface area contributed by atoms with Gasteiger partial charge in [-0.2, -0.15) is 0 Å². The van der Waals surface area contributed by atoms with Gasteiger partial charge in [0.05, 0.1) is 25.7 Å². The smallest absolute Gasteiger partial charge is 0.234 e. The van der Waals surface area contributed by atoms with E-state index in [1.54, 1.807) is 7.11 Å². The molecule has 1 aliphatic heterocycles. The molecule has 1 saturated heterocycles. The van der Waals surface area contributed by atoms with Gasteiger partial charge < -0.3 is 20.0 Å². The summed E-state index contributed by atoms with van der Waals surface area (Å²) in [6.07, 6.45) is 6.06. The number of hydrogen-bond acceptors (Lipinski definition) is 5. The van der Waals surface area contributed by atoms with Crippen LogP contribution in [0.1, 0.15) is 47.2 Å². The monoisotopic (exact) mass is 548 g/mol. The fraction of sp³-hybridized carbons (Fsp3) is 0.303. The zero-order chi connectivity index (χ0) is 28.2. The lowest BCUT2D eigenvalue weighted by Crippen LogP contribution is -2.43.